The fourth-order valence-corrected chi connectivity index (χ4v) is 4.73. The third-order valence-corrected chi connectivity index (χ3v) is 6.59. The van der Waals surface area contributed by atoms with Crippen LogP contribution in [0.1, 0.15) is 78.4 Å². The fraction of sp³-hybridized carbons (Fsp3) is 0.630. The van der Waals surface area contributed by atoms with E-state index >= 15 is 0 Å². The number of hydrogen-bond donors (Lipinski definition) is 0. The Kier molecular flexibility index (Phi) is 8.17. The van der Waals surface area contributed by atoms with Crippen molar-refractivity contribution in [2.45, 2.75) is 73.3 Å². The molecular formula is C27H44N2. The minimum Gasteiger partial charge on any atom is -0.357 e. The van der Waals surface area contributed by atoms with Crippen LogP contribution in [0.15, 0.2) is 43.0 Å². The molecule has 1 saturated heterocycles. The molecule has 2 rings (SSSR count). The first-order chi connectivity index (χ1) is 13.6. The standard InChI is InChI=1S/C27H44N2/c1-11-23(19(4)5)26(22(10)18(2)3)28-15-16-29(17-28)27-24(20(6)7)13-12-14-25(27)21(8)9/h11-14,18-21,23,26H,1,10,15-17H2,2-9H3/t23-,26?/m0/s1. The van der Waals surface area contributed by atoms with Crippen LogP contribution in [0.2, 0.25) is 0 Å². The second-order valence-corrected chi connectivity index (χ2v) is 10.0. The van der Waals surface area contributed by atoms with Gasteiger partial charge in [0.1, 0.15) is 0 Å². The largest absolute Gasteiger partial charge is 0.357 e. The average Bonchev–Trinajstić information content (AvgIpc) is 3.13. The van der Waals surface area contributed by atoms with Gasteiger partial charge in [0.15, 0.2) is 0 Å². The molecule has 1 unspecified atom stereocenters. The van der Waals surface area contributed by atoms with E-state index in [4.69, 9.17) is 0 Å². The molecule has 1 aromatic carbocycles. The van der Waals surface area contributed by atoms with Crippen LogP contribution in [-0.4, -0.2) is 30.7 Å². The molecule has 162 valence electrons. The summed E-state index contributed by atoms with van der Waals surface area (Å²) in [5, 5.41) is 0. The van der Waals surface area contributed by atoms with Crippen molar-refractivity contribution in [1.29, 1.82) is 0 Å². The summed E-state index contributed by atoms with van der Waals surface area (Å²) in [5.41, 5.74) is 5.75. The van der Waals surface area contributed by atoms with Crippen LogP contribution in [0.3, 0.4) is 0 Å². The zero-order chi connectivity index (χ0) is 21.9. The number of hydrogen-bond acceptors (Lipinski definition) is 2. The topological polar surface area (TPSA) is 6.48 Å². The van der Waals surface area contributed by atoms with Gasteiger partial charge in [-0.2, -0.15) is 0 Å². The molecule has 0 saturated carbocycles. The first kappa shape index (κ1) is 23.7. The second-order valence-electron chi connectivity index (χ2n) is 10.0. The number of rotatable bonds is 9. The molecule has 2 nitrogen and oxygen atoms in total. The first-order valence-electron chi connectivity index (χ1n) is 11.5. The quantitative estimate of drug-likeness (QED) is 0.413. The van der Waals surface area contributed by atoms with Gasteiger partial charge in [-0.25, -0.2) is 0 Å². The lowest BCUT2D eigenvalue weighted by atomic mass is 9.80. The molecule has 29 heavy (non-hydrogen) atoms. The zero-order valence-corrected chi connectivity index (χ0v) is 20.2. The summed E-state index contributed by atoms with van der Waals surface area (Å²) in [7, 11) is 0. The minimum atomic E-state index is 0.353. The lowest BCUT2D eigenvalue weighted by molar-refractivity contribution is 0.191. The molecule has 1 aliphatic rings. The van der Waals surface area contributed by atoms with E-state index in [1.54, 1.807) is 0 Å². The smallest absolute Gasteiger partial charge is 0.0713 e. The predicted molar refractivity (Wildman–Crippen MR) is 130 cm³/mol. The minimum absolute atomic E-state index is 0.353. The molecule has 0 aliphatic carbocycles. The van der Waals surface area contributed by atoms with Gasteiger partial charge in [0.2, 0.25) is 0 Å². The van der Waals surface area contributed by atoms with Gasteiger partial charge in [-0.15, -0.1) is 6.58 Å². The Labute approximate surface area is 180 Å². The summed E-state index contributed by atoms with van der Waals surface area (Å²) in [4.78, 5) is 5.27. The number of nitrogens with zero attached hydrogens (tertiary/aromatic N) is 2. The van der Waals surface area contributed by atoms with Crippen molar-refractivity contribution in [2.75, 3.05) is 24.7 Å². The molecule has 2 heteroatoms. The van der Waals surface area contributed by atoms with Gasteiger partial charge in [0, 0.05) is 24.8 Å². The van der Waals surface area contributed by atoms with Crippen LogP contribution in [0, 0.1) is 17.8 Å². The first-order valence-corrected chi connectivity index (χ1v) is 11.5. The Hall–Kier alpha value is -1.54. The molecule has 1 heterocycles. The number of para-hydroxylation sites is 1. The Balaban J connectivity index is 2.41. The van der Waals surface area contributed by atoms with Crippen molar-refractivity contribution in [1.82, 2.24) is 4.90 Å². The molecule has 1 fully saturated rings. The van der Waals surface area contributed by atoms with Crippen molar-refractivity contribution in [3.05, 3.63) is 54.1 Å². The third kappa shape index (κ3) is 5.15. The van der Waals surface area contributed by atoms with E-state index in [-0.39, 0.29) is 0 Å². The molecule has 2 atom stereocenters. The van der Waals surface area contributed by atoms with Crippen LogP contribution in [0.25, 0.3) is 0 Å². The van der Waals surface area contributed by atoms with Crippen molar-refractivity contribution < 1.29 is 0 Å². The van der Waals surface area contributed by atoms with Gasteiger partial charge >= 0.3 is 0 Å². The van der Waals surface area contributed by atoms with E-state index < -0.39 is 0 Å². The highest BCUT2D eigenvalue weighted by molar-refractivity contribution is 5.62. The van der Waals surface area contributed by atoms with E-state index in [2.05, 4.69) is 103 Å². The molecule has 0 spiro atoms. The second kappa shape index (κ2) is 9.98. The van der Waals surface area contributed by atoms with Crippen LogP contribution in [-0.2, 0) is 0 Å². The maximum atomic E-state index is 4.53. The van der Waals surface area contributed by atoms with Crippen molar-refractivity contribution in [2.24, 2.45) is 17.8 Å². The summed E-state index contributed by atoms with van der Waals surface area (Å²) in [6.07, 6.45) is 2.16. The van der Waals surface area contributed by atoms with Crippen LogP contribution >= 0.6 is 0 Å². The van der Waals surface area contributed by atoms with Crippen LogP contribution in [0.5, 0.6) is 0 Å². The van der Waals surface area contributed by atoms with Gasteiger partial charge in [0.05, 0.1) is 6.67 Å². The Morgan fingerprint density at radius 1 is 0.931 bits per heavy atom. The summed E-state index contributed by atoms with van der Waals surface area (Å²) >= 11 is 0. The number of benzene rings is 1. The molecule has 0 N–H and O–H groups in total. The normalized spacial score (nSPS) is 17.6. The van der Waals surface area contributed by atoms with Crippen molar-refractivity contribution in [3.8, 4) is 0 Å². The molecule has 0 amide bonds. The molecule has 1 aliphatic heterocycles. The highest BCUT2D eigenvalue weighted by atomic mass is 15.4. The summed E-state index contributed by atoms with van der Waals surface area (Å²) in [6.45, 7) is 30.3. The van der Waals surface area contributed by atoms with E-state index in [1.807, 2.05) is 0 Å². The maximum absolute atomic E-state index is 4.53. The monoisotopic (exact) mass is 396 g/mol. The van der Waals surface area contributed by atoms with Crippen molar-refractivity contribution in [3.63, 3.8) is 0 Å². The van der Waals surface area contributed by atoms with Gasteiger partial charge in [-0.3, -0.25) is 4.90 Å². The highest BCUT2D eigenvalue weighted by Crippen LogP contribution is 2.38. The molecule has 0 bridgehead atoms. The Morgan fingerprint density at radius 3 is 1.90 bits per heavy atom. The van der Waals surface area contributed by atoms with Crippen LogP contribution < -0.4 is 4.90 Å². The average molecular weight is 397 g/mol. The Bertz CT molecular complexity index is 672. The lowest BCUT2D eigenvalue weighted by Gasteiger charge is -2.38. The SMILES string of the molecule is C=C[C@@H](C(C)C)C(C(=C)C(C)C)N1CCN(c2c(C(C)C)cccc2C(C)C)C1. The third-order valence-electron chi connectivity index (χ3n) is 6.59. The molecular weight excluding hydrogens is 352 g/mol. The van der Waals surface area contributed by atoms with Crippen LogP contribution in [0.4, 0.5) is 5.69 Å². The van der Waals surface area contributed by atoms with Gasteiger partial charge in [-0.05, 0) is 40.7 Å². The maximum Gasteiger partial charge on any atom is 0.0713 e. The van der Waals surface area contributed by atoms with Gasteiger partial charge < -0.3 is 4.90 Å². The fourth-order valence-electron chi connectivity index (χ4n) is 4.73. The summed E-state index contributed by atoms with van der Waals surface area (Å²) < 4.78 is 0. The predicted octanol–water partition coefficient (Wildman–Crippen LogP) is 7.05. The molecule has 1 aromatic rings. The number of anilines is 1. The van der Waals surface area contributed by atoms with E-state index in [0.717, 1.165) is 19.8 Å². The van der Waals surface area contributed by atoms with Crippen molar-refractivity contribution >= 4 is 5.69 Å². The lowest BCUT2D eigenvalue weighted by Crippen LogP contribution is -2.43. The summed E-state index contributed by atoms with van der Waals surface area (Å²) in [5.74, 6) is 2.50. The molecule has 0 radical (unpaired) electrons. The van der Waals surface area contributed by atoms with E-state index in [1.165, 1.54) is 22.4 Å². The van der Waals surface area contributed by atoms with Gasteiger partial charge in [-0.1, -0.05) is 91.8 Å². The molecule has 0 aromatic heterocycles. The van der Waals surface area contributed by atoms with E-state index in [9.17, 15) is 0 Å². The van der Waals surface area contributed by atoms with Gasteiger partial charge in [0.25, 0.3) is 0 Å². The summed E-state index contributed by atoms with van der Waals surface area (Å²) in [6, 6.07) is 7.23. The highest BCUT2D eigenvalue weighted by Gasteiger charge is 2.36. The Morgan fingerprint density at radius 2 is 1.48 bits per heavy atom. The zero-order valence-electron chi connectivity index (χ0n) is 20.2. The van der Waals surface area contributed by atoms with E-state index in [0.29, 0.717) is 35.6 Å².